The van der Waals surface area contributed by atoms with Gasteiger partial charge in [0.25, 0.3) is 0 Å². The number of carbonyl (C=O) groups excluding carboxylic acids is 2. The minimum Gasteiger partial charge on any atom is -0.341 e. The van der Waals surface area contributed by atoms with Gasteiger partial charge in [-0.1, -0.05) is 42.5 Å². The standard InChI is InChI=1S/C20H22FN3O2/c21-16-10-4-5-11-17(16)22-20(26)23-18(14-15-8-2-1-3-9-15)19(25)24-12-6-7-13-24/h1-5,8-11,18H,6-7,12-14H2,(H2,22,23,26). The normalized spacial score (nSPS) is 14.7. The molecule has 1 fully saturated rings. The molecular formula is C20H22FN3O2. The van der Waals surface area contributed by atoms with Gasteiger partial charge in [0.15, 0.2) is 0 Å². The summed E-state index contributed by atoms with van der Waals surface area (Å²) in [6.07, 6.45) is 2.34. The first-order valence-corrected chi connectivity index (χ1v) is 8.78. The molecule has 26 heavy (non-hydrogen) atoms. The van der Waals surface area contributed by atoms with E-state index in [0.29, 0.717) is 19.5 Å². The number of halogens is 1. The smallest absolute Gasteiger partial charge is 0.319 e. The average molecular weight is 355 g/mol. The fourth-order valence-electron chi connectivity index (χ4n) is 3.09. The fourth-order valence-corrected chi connectivity index (χ4v) is 3.09. The Morgan fingerprint density at radius 2 is 1.65 bits per heavy atom. The Morgan fingerprint density at radius 3 is 2.35 bits per heavy atom. The molecule has 1 aliphatic heterocycles. The highest BCUT2D eigenvalue weighted by Crippen LogP contribution is 2.14. The molecule has 1 unspecified atom stereocenters. The van der Waals surface area contributed by atoms with Crippen molar-refractivity contribution in [3.05, 3.63) is 66.0 Å². The van der Waals surface area contributed by atoms with Crippen LogP contribution in [0.15, 0.2) is 54.6 Å². The van der Waals surface area contributed by atoms with Crippen LogP contribution in [0.3, 0.4) is 0 Å². The predicted octanol–water partition coefficient (Wildman–Crippen LogP) is 3.18. The molecule has 2 aromatic carbocycles. The maximum Gasteiger partial charge on any atom is 0.319 e. The van der Waals surface area contributed by atoms with E-state index in [4.69, 9.17) is 0 Å². The zero-order valence-corrected chi connectivity index (χ0v) is 14.5. The van der Waals surface area contributed by atoms with Crippen molar-refractivity contribution in [1.29, 1.82) is 0 Å². The van der Waals surface area contributed by atoms with Crippen molar-refractivity contribution in [3.8, 4) is 0 Å². The number of para-hydroxylation sites is 1. The molecular weight excluding hydrogens is 333 g/mol. The van der Waals surface area contributed by atoms with E-state index < -0.39 is 17.9 Å². The van der Waals surface area contributed by atoms with E-state index in [0.717, 1.165) is 18.4 Å². The average Bonchev–Trinajstić information content (AvgIpc) is 3.18. The highest BCUT2D eigenvalue weighted by Gasteiger charge is 2.28. The van der Waals surface area contributed by atoms with Gasteiger partial charge < -0.3 is 15.5 Å². The maximum atomic E-state index is 13.7. The van der Waals surface area contributed by atoms with E-state index in [1.54, 1.807) is 17.0 Å². The Labute approximate surface area is 152 Å². The molecule has 1 atom stereocenters. The van der Waals surface area contributed by atoms with Crippen LogP contribution >= 0.6 is 0 Å². The first-order valence-electron chi connectivity index (χ1n) is 8.78. The molecule has 0 aromatic heterocycles. The topological polar surface area (TPSA) is 61.4 Å². The number of hydrogen-bond donors (Lipinski definition) is 2. The number of urea groups is 1. The Kier molecular flexibility index (Phi) is 5.84. The lowest BCUT2D eigenvalue weighted by molar-refractivity contribution is -0.132. The van der Waals surface area contributed by atoms with Gasteiger partial charge >= 0.3 is 6.03 Å². The van der Waals surface area contributed by atoms with Crippen molar-refractivity contribution in [2.45, 2.75) is 25.3 Å². The molecule has 1 heterocycles. The molecule has 3 amide bonds. The van der Waals surface area contributed by atoms with Crippen molar-refractivity contribution < 1.29 is 14.0 Å². The number of hydrogen-bond acceptors (Lipinski definition) is 2. The van der Waals surface area contributed by atoms with Gasteiger partial charge in [-0.05, 0) is 30.5 Å². The van der Waals surface area contributed by atoms with E-state index >= 15 is 0 Å². The molecule has 1 aliphatic rings. The van der Waals surface area contributed by atoms with Crippen molar-refractivity contribution in [3.63, 3.8) is 0 Å². The summed E-state index contributed by atoms with van der Waals surface area (Å²) in [5.41, 5.74) is 1.04. The van der Waals surface area contributed by atoms with Crippen molar-refractivity contribution in [2.75, 3.05) is 18.4 Å². The largest absolute Gasteiger partial charge is 0.341 e. The summed E-state index contributed by atoms with van der Waals surface area (Å²) in [6.45, 7) is 1.42. The molecule has 1 saturated heterocycles. The molecule has 136 valence electrons. The minimum atomic E-state index is -0.692. The second-order valence-corrected chi connectivity index (χ2v) is 6.35. The van der Waals surface area contributed by atoms with Crippen LogP contribution in [-0.4, -0.2) is 36.0 Å². The van der Waals surface area contributed by atoms with Gasteiger partial charge in [-0.2, -0.15) is 0 Å². The second kappa shape index (κ2) is 8.47. The van der Waals surface area contributed by atoms with E-state index in [9.17, 15) is 14.0 Å². The summed E-state index contributed by atoms with van der Waals surface area (Å²) in [5, 5.41) is 5.19. The molecule has 0 saturated carbocycles. The Hall–Kier alpha value is -2.89. The van der Waals surface area contributed by atoms with Crippen LogP contribution in [0.2, 0.25) is 0 Å². The third-order valence-corrected chi connectivity index (χ3v) is 4.43. The zero-order chi connectivity index (χ0) is 18.4. The fraction of sp³-hybridized carbons (Fsp3) is 0.300. The monoisotopic (exact) mass is 355 g/mol. The minimum absolute atomic E-state index is 0.0806. The summed E-state index contributed by atoms with van der Waals surface area (Å²) in [5.74, 6) is -0.622. The van der Waals surface area contributed by atoms with Gasteiger partial charge in [0.05, 0.1) is 5.69 Å². The molecule has 5 nitrogen and oxygen atoms in total. The third-order valence-electron chi connectivity index (χ3n) is 4.43. The summed E-state index contributed by atoms with van der Waals surface area (Å²) in [7, 11) is 0. The van der Waals surface area contributed by atoms with Crippen LogP contribution in [0.4, 0.5) is 14.9 Å². The Balaban J connectivity index is 1.70. The lowest BCUT2D eigenvalue weighted by Crippen LogP contribution is -2.50. The summed E-state index contributed by atoms with van der Waals surface area (Å²) < 4.78 is 13.7. The van der Waals surface area contributed by atoms with E-state index in [2.05, 4.69) is 10.6 Å². The zero-order valence-electron chi connectivity index (χ0n) is 14.5. The van der Waals surface area contributed by atoms with E-state index in [1.165, 1.54) is 12.1 Å². The Bertz CT molecular complexity index is 761. The number of benzene rings is 2. The van der Waals surface area contributed by atoms with Gasteiger partial charge in [-0.3, -0.25) is 4.79 Å². The third kappa shape index (κ3) is 4.59. The number of amides is 3. The van der Waals surface area contributed by atoms with Crippen LogP contribution < -0.4 is 10.6 Å². The molecule has 3 rings (SSSR count). The van der Waals surface area contributed by atoms with Crippen molar-refractivity contribution in [1.82, 2.24) is 10.2 Å². The SMILES string of the molecule is O=C(Nc1ccccc1F)NC(Cc1ccccc1)C(=O)N1CCCC1. The Morgan fingerprint density at radius 1 is 1.00 bits per heavy atom. The van der Waals surface area contributed by atoms with Gasteiger partial charge in [-0.25, -0.2) is 9.18 Å². The van der Waals surface area contributed by atoms with Crippen molar-refractivity contribution in [2.24, 2.45) is 0 Å². The number of nitrogens with one attached hydrogen (secondary N) is 2. The van der Waals surface area contributed by atoms with Crippen LogP contribution in [0.1, 0.15) is 18.4 Å². The van der Waals surface area contributed by atoms with Crippen molar-refractivity contribution >= 4 is 17.6 Å². The number of anilines is 1. The molecule has 0 spiro atoms. The lowest BCUT2D eigenvalue weighted by atomic mass is 10.0. The van der Waals surface area contributed by atoms with Crippen LogP contribution in [0.5, 0.6) is 0 Å². The predicted molar refractivity (Wildman–Crippen MR) is 98.3 cm³/mol. The number of rotatable bonds is 5. The van der Waals surface area contributed by atoms with Crippen LogP contribution in [0, 0.1) is 5.82 Å². The maximum absolute atomic E-state index is 13.7. The quantitative estimate of drug-likeness (QED) is 0.865. The number of likely N-dealkylation sites (tertiary alicyclic amines) is 1. The molecule has 0 aliphatic carbocycles. The van der Waals surface area contributed by atoms with E-state index in [-0.39, 0.29) is 11.6 Å². The molecule has 0 bridgehead atoms. The van der Waals surface area contributed by atoms with Gasteiger partial charge in [-0.15, -0.1) is 0 Å². The number of nitrogens with zero attached hydrogens (tertiary/aromatic N) is 1. The van der Waals surface area contributed by atoms with Crippen LogP contribution in [-0.2, 0) is 11.2 Å². The highest BCUT2D eigenvalue weighted by molar-refractivity contribution is 5.94. The summed E-state index contributed by atoms with van der Waals surface area (Å²) >= 11 is 0. The van der Waals surface area contributed by atoms with Gasteiger partial charge in [0.1, 0.15) is 11.9 Å². The summed E-state index contributed by atoms with van der Waals surface area (Å²) in [4.78, 5) is 26.9. The molecule has 0 radical (unpaired) electrons. The van der Waals surface area contributed by atoms with Gasteiger partial charge in [0, 0.05) is 19.5 Å². The first kappa shape index (κ1) is 17.9. The lowest BCUT2D eigenvalue weighted by Gasteiger charge is -2.24. The van der Waals surface area contributed by atoms with Crippen LogP contribution in [0.25, 0.3) is 0 Å². The molecule has 6 heteroatoms. The highest BCUT2D eigenvalue weighted by atomic mass is 19.1. The summed E-state index contributed by atoms with van der Waals surface area (Å²) in [6, 6.07) is 14.2. The van der Waals surface area contributed by atoms with Gasteiger partial charge in [0.2, 0.25) is 5.91 Å². The molecule has 2 aromatic rings. The second-order valence-electron chi connectivity index (χ2n) is 6.35. The first-order chi connectivity index (χ1) is 12.6. The molecule has 2 N–H and O–H groups in total. The van der Waals surface area contributed by atoms with E-state index in [1.807, 2.05) is 30.3 Å². The number of carbonyl (C=O) groups is 2.